The van der Waals surface area contributed by atoms with Gasteiger partial charge in [-0.3, -0.25) is 0 Å². The van der Waals surface area contributed by atoms with Crippen LogP contribution in [0.4, 0.5) is 19.6 Å². The van der Waals surface area contributed by atoms with Crippen LogP contribution in [0.15, 0.2) is 28.2 Å². The van der Waals surface area contributed by atoms with E-state index in [1.165, 1.54) is 17.4 Å². The first-order valence-corrected chi connectivity index (χ1v) is 5.65. The highest BCUT2D eigenvalue weighted by Crippen LogP contribution is 2.24. The van der Waals surface area contributed by atoms with Gasteiger partial charge in [0, 0.05) is 17.1 Å². The first-order chi connectivity index (χ1) is 7.15. The number of hydrogen-bond acceptors (Lipinski definition) is 3. The minimum Gasteiger partial charge on any atom is -0.331 e. The van der Waals surface area contributed by atoms with Crippen LogP contribution < -0.4 is 5.32 Å². The molecular formula is C9H5BrF2N2S. The van der Waals surface area contributed by atoms with E-state index in [1.54, 1.807) is 5.38 Å². The maximum Gasteiger partial charge on any atom is 0.188 e. The topological polar surface area (TPSA) is 24.9 Å². The summed E-state index contributed by atoms with van der Waals surface area (Å²) in [6, 6.07) is 3.61. The van der Waals surface area contributed by atoms with Gasteiger partial charge < -0.3 is 5.32 Å². The summed E-state index contributed by atoms with van der Waals surface area (Å²) in [5.74, 6) is -1.74. The predicted molar refractivity (Wildman–Crippen MR) is 59.5 cm³/mol. The molecule has 6 heteroatoms. The van der Waals surface area contributed by atoms with E-state index in [0.717, 1.165) is 12.1 Å². The van der Waals surface area contributed by atoms with Crippen molar-refractivity contribution >= 4 is 38.1 Å². The molecule has 1 N–H and O–H groups in total. The Hall–Kier alpha value is -1.01. The Kier molecular flexibility index (Phi) is 2.97. The molecule has 15 heavy (non-hydrogen) atoms. The molecule has 0 saturated heterocycles. The number of anilines is 2. The van der Waals surface area contributed by atoms with Gasteiger partial charge >= 0.3 is 0 Å². The summed E-state index contributed by atoms with van der Waals surface area (Å²) >= 11 is 4.57. The Balaban J connectivity index is 2.21. The lowest BCUT2D eigenvalue weighted by molar-refractivity contribution is 0.509. The quantitative estimate of drug-likeness (QED) is 0.907. The molecule has 1 heterocycles. The SMILES string of the molecule is Fc1ccc(Nc2nc(Br)cs2)cc1F. The van der Waals surface area contributed by atoms with Crippen LogP contribution in [0, 0.1) is 11.6 Å². The van der Waals surface area contributed by atoms with Crippen molar-refractivity contribution in [2.24, 2.45) is 0 Å². The lowest BCUT2D eigenvalue weighted by atomic mass is 10.3. The Morgan fingerprint density at radius 3 is 2.67 bits per heavy atom. The van der Waals surface area contributed by atoms with Crippen LogP contribution in [-0.2, 0) is 0 Å². The van der Waals surface area contributed by atoms with E-state index in [-0.39, 0.29) is 0 Å². The van der Waals surface area contributed by atoms with Gasteiger partial charge in [-0.25, -0.2) is 13.8 Å². The van der Waals surface area contributed by atoms with Crippen LogP contribution in [0.2, 0.25) is 0 Å². The van der Waals surface area contributed by atoms with Gasteiger partial charge in [-0.05, 0) is 28.1 Å². The number of hydrogen-bond donors (Lipinski definition) is 1. The Bertz CT molecular complexity index is 487. The molecule has 0 bridgehead atoms. The largest absolute Gasteiger partial charge is 0.331 e. The minimum absolute atomic E-state index is 0.468. The highest BCUT2D eigenvalue weighted by molar-refractivity contribution is 9.10. The summed E-state index contributed by atoms with van der Waals surface area (Å²) in [6.45, 7) is 0. The average molecular weight is 291 g/mol. The lowest BCUT2D eigenvalue weighted by Crippen LogP contribution is -1.91. The zero-order valence-corrected chi connectivity index (χ0v) is 9.70. The van der Waals surface area contributed by atoms with Crippen LogP contribution in [0.3, 0.4) is 0 Å². The van der Waals surface area contributed by atoms with Crippen LogP contribution in [0.1, 0.15) is 0 Å². The lowest BCUT2D eigenvalue weighted by Gasteiger charge is -2.02. The highest BCUT2D eigenvalue weighted by atomic mass is 79.9. The molecule has 0 spiro atoms. The first kappa shape index (κ1) is 10.5. The van der Waals surface area contributed by atoms with Gasteiger partial charge in [0.1, 0.15) is 4.60 Å². The third kappa shape index (κ3) is 2.51. The van der Waals surface area contributed by atoms with Gasteiger partial charge in [-0.1, -0.05) is 0 Å². The van der Waals surface area contributed by atoms with Crippen molar-refractivity contribution in [2.75, 3.05) is 5.32 Å². The number of halogens is 3. The van der Waals surface area contributed by atoms with Crippen molar-refractivity contribution < 1.29 is 8.78 Å². The second-order valence-electron chi connectivity index (χ2n) is 2.73. The third-order valence-electron chi connectivity index (χ3n) is 1.65. The number of aromatic nitrogens is 1. The highest BCUT2D eigenvalue weighted by Gasteiger charge is 2.04. The second-order valence-corrected chi connectivity index (χ2v) is 4.40. The molecule has 2 rings (SSSR count). The molecule has 0 atom stereocenters. The van der Waals surface area contributed by atoms with Gasteiger partial charge in [-0.2, -0.15) is 0 Å². The predicted octanol–water partition coefficient (Wildman–Crippen LogP) is 3.93. The molecule has 0 aliphatic heterocycles. The van der Waals surface area contributed by atoms with E-state index in [0.29, 0.717) is 15.4 Å². The van der Waals surface area contributed by atoms with E-state index < -0.39 is 11.6 Å². The number of thiazole rings is 1. The summed E-state index contributed by atoms with van der Waals surface area (Å²) in [4.78, 5) is 4.07. The molecule has 0 fully saturated rings. The normalized spacial score (nSPS) is 10.3. The Labute approximate surface area is 97.1 Å². The first-order valence-electron chi connectivity index (χ1n) is 3.98. The van der Waals surface area contributed by atoms with Crippen molar-refractivity contribution in [1.29, 1.82) is 0 Å². The summed E-state index contributed by atoms with van der Waals surface area (Å²) in [7, 11) is 0. The molecule has 1 aromatic heterocycles. The molecule has 0 unspecified atom stereocenters. The zero-order valence-electron chi connectivity index (χ0n) is 7.30. The molecule has 0 amide bonds. The molecule has 1 aromatic carbocycles. The molecule has 2 aromatic rings. The van der Waals surface area contributed by atoms with Gasteiger partial charge in [0.05, 0.1) is 0 Å². The fourth-order valence-electron chi connectivity index (χ4n) is 1.01. The molecule has 2 nitrogen and oxygen atoms in total. The maximum absolute atomic E-state index is 12.8. The van der Waals surface area contributed by atoms with Gasteiger partial charge in [0.15, 0.2) is 16.8 Å². The number of rotatable bonds is 2. The van der Waals surface area contributed by atoms with Crippen LogP contribution >= 0.6 is 27.3 Å². The second kappa shape index (κ2) is 4.24. The van der Waals surface area contributed by atoms with Gasteiger partial charge in [0.2, 0.25) is 0 Å². The fraction of sp³-hybridized carbons (Fsp3) is 0. The van der Waals surface area contributed by atoms with E-state index >= 15 is 0 Å². The van der Waals surface area contributed by atoms with Crippen molar-refractivity contribution in [1.82, 2.24) is 4.98 Å². The van der Waals surface area contributed by atoms with Gasteiger partial charge in [0.25, 0.3) is 0 Å². The van der Waals surface area contributed by atoms with Crippen LogP contribution in [-0.4, -0.2) is 4.98 Å². The van der Waals surface area contributed by atoms with Crippen molar-refractivity contribution in [2.45, 2.75) is 0 Å². The summed E-state index contributed by atoms with van der Waals surface area (Å²) < 4.78 is 26.2. The number of benzene rings is 1. The average Bonchev–Trinajstić information content (AvgIpc) is 2.58. The summed E-state index contributed by atoms with van der Waals surface area (Å²) in [5, 5.41) is 5.28. The van der Waals surface area contributed by atoms with Gasteiger partial charge in [-0.15, -0.1) is 11.3 Å². The van der Waals surface area contributed by atoms with Crippen LogP contribution in [0.5, 0.6) is 0 Å². The zero-order chi connectivity index (χ0) is 10.8. The standard InChI is InChI=1S/C9H5BrF2N2S/c10-8-4-15-9(14-8)13-5-1-2-6(11)7(12)3-5/h1-4H,(H,13,14). The molecule has 78 valence electrons. The van der Waals surface area contributed by atoms with E-state index in [9.17, 15) is 8.78 Å². The maximum atomic E-state index is 12.8. The van der Waals surface area contributed by atoms with Crippen molar-refractivity contribution in [3.8, 4) is 0 Å². The summed E-state index contributed by atoms with van der Waals surface area (Å²) in [5.41, 5.74) is 0.468. The summed E-state index contributed by atoms with van der Waals surface area (Å²) in [6.07, 6.45) is 0. The van der Waals surface area contributed by atoms with Crippen molar-refractivity contribution in [3.05, 3.63) is 39.8 Å². The molecule has 0 saturated carbocycles. The minimum atomic E-state index is -0.879. The molecule has 0 aliphatic carbocycles. The molecule has 0 aliphatic rings. The molecular weight excluding hydrogens is 286 g/mol. The van der Waals surface area contributed by atoms with E-state index in [2.05, 4.69) is 26.2 Å². The Morgan fingerprint density at radius 2 is 2.07 bits per heavy atom. The van der Waals surface area contributed by atoms with E-state index in [4.69, 9.17) is 0 Å². The smallest absolute Gasteiger partial charge is 0.188 e. The fourth-order valence-corrected chi connectivity index (χ4v) is 2.17. The van der Waals surface area contributed by atoms with Crippen molar-refractivity contribution in [3.63, 3.8) is 0 Å². The third-order valence-corrected chi connectivity index (χ3v) is 3.11. The Morgan fingerprint density at radius 1 is 1.27 bits per heavy atom. The van der Waals surface area contributed by atoms with E-state index in [1.807, 2.05) is 0 Å². The monoisotopic (exact) mass is 290 g/mol. The number of nitrogens with one attached hydrogen (secondary N) is 1. The van der Waals surface area contributed by atoms with Crippen LogP contribution in [0.25, 0.3) is 0 Å². The number of nitrogens with zero attached hydrogens (tertiary/aromatic N) is 1. The molecule has 0 radical (unpaired) electrons.